The first-order valence-electron chi connectivity index (χ1n) is 7.63. The van der Waals surface area contributed by atoms with Gasteiger partial charge in [-0.05, 0) is 43.7 Å². The lowest BCUT2D eigenvalue weighted by atomic mass is 10.1. The van der Waals surface area contributed by atoms with E-state index in [4.69, 9.17) is 9.47 Å². The van der Waals surface area contributed by atoms with Crippen LogP contribution in [0.3, 0.4) is 0 Å². The number of ether oxygens (including phenoxy) is 2. The van der Waals surface area contributed by atoms with Gasteiger partial charge in [0.2, 0.25) is 0 Å². The molecule has 0 fully saturated rings. The first-order chi connectivity index (χ1) is 11.2. The summed E-state index contributed by atoms with van der Waals surface area (Å²) in [5, 5.41) is 0. The fourth-order valence-corrected chi connectivity index (χ4v) is 2.00. The second-order valence-corrected chi connectivity index (χ2v) is 5.00. The van der Waals surface area contributed by atoms with Gasteiger partial charge < -0.3 is 9.47 Å². The number of rotatable bonds is 5. The Balaban J connectivity index is 1.94. The Hall–Kier alpha value is -2.57. The molecular formula is C20H20O3. The molecule has 0 saturated heterocycles. The molecule has 0 spiro atoms. The molecule has 118 valence electrons. The Morgan fingerprint density at radius 1 is 1.00 bits per heavy atom. The summed E-state index contributed by atoms with van der Waals surface area (Å²) in [5.41, 5.74) is 2.93. The van der Waals surface area contributed by atoms with Gasteiger partial charge in [0.15, 0.2) is 0 Å². The Morgan fingerprint density at radius 2 is 1.61 bits per heavy atom. The van der Waals surface area contributed by atoms with Crippen molar-refractivity contribution in [3.63, 3.8) is 0 Å². The van der Waals surface area contributed by atoms with Crippen molar-refractivity contribution in [1.29, 1.82) is 0 Å². The third-order valence-electron chi connectivity index (χ3n) is 3.26. The topological polar surface area (TPSA) is 35.5 Å². The monoisotopic (exact) mass is 308 g/mol. The van der Waals surface area contributed by atoms with Gasteiger partial charge in [0, 0.05) is 11.1 Å². The first kappa shape index (κ1) is 16.8. The normalized spacial score (nSPS) is 11.2. The third kappa shape index (κ3) is 5.61. The van der Waals surface area contributed by atoms with Crippen molar-refractivity contribution in [3.8, 4) is 11.8 Å². The van der Waals surface area contributed by atoms with Crippen molar-refractivity contribution >= 4 is 5.97 Å². The Morgan fingerprint density at radius 3 is 2.22 bits per heavy atom. The van der Waals surface area contributed by atoms with Gasteiger partial charge in [-0.15, -0.1) is 0 Å². The molecule has 0 aliphatic heterocycles. The number of hydrogen-bond donors (Lipinski definition) is 0. The van der Waals surface area contributed by atoms with E-state index in [0.29, 0.717) is 6.61 Å². The van der Waals surface area contributed by atoms with Crippen LogP contribution in [0.4, 0.5) is 0 Å². The van der Waals surface area contributed by atoms with Gasteiger partial charge in [-0.25, -0.2) is 4.79 Å². The van der Waals surface area contributed by atoms with Crippen LogP contribution in [-0.2, 0) is 14.3 Å². The van der Waals surface area contributed by atoms with Gasteiger partial charge in [-0.2, -0.15) is 0 Å². The highest BCUT2D eigenvalue weighted by molar-refractivity contribution is 5.70. The molecule has 1 atom stereocenters. The summed E-state index contributed by atoms with van der Waals surface area (Å²) in [6, 6.07) is 17.7. The van der Waals surface area contributed by atoms with Crippen LogP contribution in [0.2, 0.25) is 0 Å². The molecule has 0 aliphatic rings. The predicted octanol–water partition coefficient (Wildman–Crippen LogP) is 3.73. The predicted molar refractivity (Wildman–Crippen MR) is 89.9 cm³/mol. The molecule has 2 rings (SSSR count). The van der Waals surface area contributed by atoms with Crippen molar-refractivity contribution in [2.24, 2.45) is 0 Å². The summed E-state index contributed by atoms with van der Waals surface area (Å²) in [4.78, 5) is 11.3. The van der Waals surface area contributed by atoms with Gasteiger partial charge in [0.25, 0.3) is 0 Å². The highest BCUT2D eigenvalue weighted by atomic mass is 16.6. The van der Waals surface area contributed by atoms with Crippen molar-refractivity contribution < 1.29 is 14.3 Å². The van der Waals surface area contributed by atoms with Crippen molar-refractivity contribution in [3.05, 3.63) is 71.3 Å². The van der Waals surface area contributed by atoms with E-state index >= 15 is 0 Å². The van der Waals surface area contributed by atoms with E-state index in [2.05, 4.69) is 11.8 Å². The Bertz CT molecular complexity index is 678. The molecule has 3 heteroatoms. The summed E-state index contributed by atoms with van der Waals surface area (Å²) in [6.45, 7) is 4.01. The van der Waals surface area contributed by atoms with E-state index in [-0.39, 0.29) is 18.7 Å². The van der Waals surface area contributed by atoms with E-state index in [1.807, 2.05) is 61.5 Å². The molecule has 1 unspecified atom stereocenters. The maximum Gasteiger partial charge on any atom is 0.332 e. The number of benzene rings is 2. The van der Waals surface area contributed by atoms with Crippen molar-refractivity contribution in [2.45, 2.75) is 20.0 Å². The summed E-state index contributed by atoms with van der Waals surface area (Å²) in [6.07, 6.45) is -0.171. The van der Waals surface area contributed by atoms with E-state index in [0.717, 1.165) is 16.7 Å². The molecule has 2 aromatic rings. The number of esters is 1. The number of carbonyl (C=O) groups is 1. The Kier molecular flexibility index (Phi) is 6.40. The van der Waals surface area contributed by atoms with Crippen LogP contribution < -0.4 is 0 Å². The maximum atomic E-state index is 11.3. The second kappa shape index (κ2) is 8.77. The fourth-order valence-electron chi connectivity index (χ4n) is 2.00. The zero-order valence-electron chi connectivity index (χ0n) is 13.4. The van der Waals surface area contributed by atoms with E-state index < -0.39 is 0 Å². The molecule has 0 bridgehead atoms. The lowest BCUT2D eigenvalue weighted by Gasteiger charge is -2.12. The van der Waals surface area contributed by atoms with Gasteiger partial charge >= 0.3 is 5.97 Å². The fraction of sp³-hybridized carbons (Fsp3) is 0.250. The standard InChI is InChI=1S/C20H20O3/c1-3-22-20(21)15-23-16(2)19-13-11-18(12-14-19)10-9-17-7-5-4-6-8-17/h4-8,11-14,16H,3,15H2,1-2H3. The molecule has 0 radical (unpaired) electrons. The lowest BCUT2D eigenvalue weighted by Crippen LogP contribution is -2.14. The minimum Gasteiger partial charge on any atom is -0.464 e. The van der Waals surface area contributed by atoms with Crippen molar-refractivity contribution in [2.75, 3.05) is 13.2 Å². The minimum absolute atomic E-state index is 0.0371. The van der Waals surface area contributed by atoms with Gasteiger partial charge in [0.1, 0.15) is 6.61 Å². The zero-order chi connectivity index (χ0) is 16.5. The highest BCUT2D eigenvalue weighted by Crippen LogP contribution is 2.17. The van der Waals surface area contributed by atoms with Crippen LogP contribution in [0.15, 0.2) is 54.6 Å². The van der Waals surface area contributed by atoms with Gasteiger partial charge in [0.05, 0.1) is 12.7 Å². The average molecular weight is 308 g/mol. The molecule has 0 aromatic heterocycles. The van der Waals surface area contributed by atoms with Crippen molar-refractivity contribution in [1.82, 2.24) is 0 Å². The average Bonchev–Trinajstić information content (AvgIpc) is 2.59. The Labute approximate surface area is 137 Å². The highest BCUT2D eigenvalue weighted by Gasteiger charge is 2.09. The van der Waals surface area contributed by atoms with Crippen LogP contribution in [-0.4, -0.2) is 19.2 Å². The molecule has 0 heterocycles. The molecule has 3 nitrogen and oxygen atoms in total. The largest absolute Gasteiger partial charge is 0.464 e. The lowest BCUT2D eigenvalue weighted by molar-refractivity contribution is -0.150. The summed E-state index contributed by atoms with van der Waals surface area (Å²) >= 11 is 0. The van der Waals surface area contributed by atoms with Crippen LogP contribution in [0, 0.1) is 11.8 Å². The summed E-state index contributed by atoms with van der Waals surface area (Å²) in [7, 11) is 0. The molecular weight excluding hydrogens is 288 g/mol. The van der Waals surface area contributed by atoms with Gasteiger partial charge in [-0.3, -0.25) is 0 Å². The first-order valence-corrected chi connectivity index (χ1v) is 7.63. The molecule has 0 saturated carbocycles. The molecule has 23 heavy (non-hydrogen) atoms. The zero-order valence-corrected chi connectivity index (χ0v) is 13.4. The van der Waals surface area contributed by atoms with E-state index in [9.17, 15) is 4.79 Å². The SMILES string of the molecule is CCOC(=O)COC(C)c1ccc(C#Cc2ccccc2)cc1. The molecule has 2 aromatic carbocycles. The molecule has 0 N–H and O–H groups in total. The van der Waals surface area contributed by atoms with Gasteiger partial charge in [-0.1, -0.05) is 42.2 Å². The molecule has 0 aliphatic carbocycles. The molecule has 0 amide bonds. The quantitative estimate of drug-likeness (QED) is 0.624. The van der Waals surface area contributed by atoms with Crippen LogP contribution in [0.1, 0.15) is 36.6 Å². The van der Waals surface area contributed by atoms with E-state index in [1.54, 1.807) is 6.92 Å². The van der Waals surface area contributed by atoms with Crippen LogP contribution >= 0.6 is 0 Å². The third-order valence-corrected chi connectivity index (χ3v) is 3.26. The maximum absolute atomic E-state index is 11.3. The summed E-state index contributed by atoms with van der Waals surface area (Å²) in [5.74, 6) is 5.91. The summed E-state index contributed by atoms with van der Waals surface area (Å²) < 4.78 is 10.3. The number of carbonyl (C=O) groups excluding carboxylic acids is 1. The minimum atomic E-state index is -0.343. The van der Waals surface area contributed by atoms with E-state index in [1.165, 1.54) is 0 Å². The number of hydrogen-bond acceptors (Lipinski definition) is 3. The van der Waals surface area contributed by atoms with Crippen LogP contribution in [0.5, 0.6) is 0 Å². The second-order valence-electron chi connectivity index (χ2n) is 5.00. The smallest absolute Gasteiger partial charge is 0.332 e. The van der Waals surface area contributed by atoms with Crippen LogP contribution in [0.25, 0.3) is 0 Å².